The average molecular weight is 267 g/mol. The monoisotopic (exact) mass is 267 g/mol. The Morgan fingerprint density at radius 2 is 1.68 bits per heavy atom. The largest absolute Gasteiger partial charge is 0.399 e. The lowest BCUT2D eigenvalue weighted by Crippen LogP contribution is -1.89. The SMILES string of the molecule is Nc1ccc(-c2csc(Nc3ccccc3)n2)cc1. The number of nitrogens with two attached hydrogens (primary N) is 1. The van der Waals surface area contributed by atoms with Crippen LogP contribution < -0.4 is 11.1 Å². The molecule has 0 aliphatic heterocycles. The first kappa shape index (κ1) is 11.7. The third-order valence-electron chi connectivity index (χ3n) is 2.74. The first-order valence-corrected chi connectivity index (χ1v) is 6.83. The van der Waals surface area contributed by atoms with Crippen molar-refractivity contribution < 1.29 is 0 Å². The van der Waals surface area contributed by atoms with Gasteiger partial charge in [0.2, 0.25) is 0 Å². The van der Waals surface area contributed by atoms with E-state index in [4.69, 9.17) is 5.73 Å². The van der Waals surface area contributed by atoms with Crippen molar-refractivity contribution in [3.8, 4) is 11.3 Å². The topological polar surface area (TPSA) is 50.9 Å². The Kier molecular flexibility index (Phi) is 3.16. The minimum Gasteiger partial charge on any atom is -0.399 e. The minimum absolute atomic E-state index is 0.765. The highest BCUT2D eigenvalue weighted by molar-refractivity contribution is 7.14. The molecule has 0 fully saturated rings. The van der Waals surface area contributed by atoms with Crippen LogP contribution in [0.2, 0.25) is 0 Å². The molecular formula is C15H13N3S. The van der Waals surface area contributed by atoms with Gasteiger partial charge in [-0.3, -0.25) is 0 Å². The van der Waals surface area contributed by atoms with E-state index in [0.717, 1.165) is 27.8 Å². The Hall–Kier alpha value is -2.33. The molecule has 19 heavy (non-hydrogen) atoms. The van der Waals surface area contributed by atoms with Crippen LogP contribution in [0.25, 0.3) is 11.3 Å². The highest BCUT2D eigenvalue weighted by Crippen LogP contribution is 2.27. The Labute approximate surface area is 115 Å². The summed E-state index contributed by atoms with van der Waals surface area (Å²) in [6.45, 7) is 0. The quantitative estimate of drug-likeness (QED) is 0.701. The van der Waals surface area contributed by atoms with Gasteiger partial charge in [0.05, 0.1) is 5.69 Å². The van der Waals surface area contributed by atoms with Gasteiger partial charge in [0, 0.05) is 22.3 Å². The molecule has 0 amide bonds. The normalized spacial score (nSPS) is 10.3. The van der Waals surface area contributed by atoms with Crippen molar-refractivity contribution in [3.63, 3.8) is 0 Å². The van der Waals surface area contributed by atoms with Crippen molar-refractivity contribution in [2.24, 2.45) is 0 Å². The molecule has 0 bridgehead atoms. The lowest BCUT2D eigenvalue weighted by atomic mass is 10.1. The summed E-state index contributed by atoms with van der Waals surface area (Å²) in [5.74, 6) is 0. The molecule has 0 radical (unpaired) electrons. The lowest BCUT2D eigenvalue weighted by Gasteiger charge is -2.01. The van der Waals surface area contributed by atoms with Gasteiger partial charge in [-0.1, -0.05) is 30.3 Å². The van der Waals surface area contributed by atoms with Crippen molar-refractivity contribution in [1.29, 1.82) is 0 Å². The predicted octanol–water partition coefficient (Wildman–Crippen LogP) is 4.14. The van der Waals surface area contributed by atoms with E-state index in [0.29, 0.717) is 0 Å². The van der Waals surface area contributed by atoms with Crippen LogP contribution in [0.1, 0.15) is 0 Å². The molecule has 0 aliphatic rings. The number of nitrogens with zero attached hydrogens (tertiary/aromatic N) is 1. The number of hydrogen-bond donors (Lipinski definition) is 2. The molecule has 4 heteroatoms. The minimum atomic E-state index is 0.765. The molecule has 3 nitrogen and oxygen atoms in total. The average Bonchev–Trinajstić information content (AvgIpc) is 2.89. The maximum atomic E-state index is 5.68. The van der Waals surface area contributed by atoms with Crippen molar-refractivity contribution in [2.45, 2.75) is 0 Å². The van der Waals surface area contributed by atoms with E-state index in [1.807, 2.05) is 60.0 Å². The van der Waals surface area contributed by atoms with Gasteiger partial charge in [0.1, 0.15) is 0 Å². The molecule has 0 saturated heterocycles. The maximum Gasteiger partial charge on any atom is 0.187 e. The van der Waals surface area contributed by atoms with Crippen molar-refractivity contribution in [3.05, 3.63) is 60.0 Å². The van der Waals surface area contributed by atoms with Crippen molar-refractivity contribution >= 4 is 27.8 Å². The number of para-hydroxylation sites is 1. The number of anilines is 3. The highest BCUT2D eigenvalue weighted by atomic mass is 32.1. The zero-order valence-electron chi connectivity index (χ0n) is 10.2. The molecule has 0 aliphatic carbocycles. The lowest BCUT2D eigenvalue weighted by molar-refractivity contribution is 1.38. The molecule has 2 aromatic carbocycles. The van der Waals surface area contributed by atoms with Gasteiger partial charge in [-0.2, -0.15) is 0 Å². The molecule has 0 spiro atoms. The second-order valence-electron chi connectivity index (χ2n) is 4.15. The summed E-state index contributed by atoms with van der Waals surface area (Å²) in [4.78, 5) is 4.57. The van der Waals surface area contributed by atoms with Crippen LogP contribution in [0.3, 0.4) is 0 Å². The molecule has 0 unspecified atom stereocenters. The van der Waals surface area contributed by atoms with Crippen LogP contribution in [0.15, 0.2) is 60.0 Å². The summed E-state index contributed by atoms with van der Waals surface area (Å²) >= 11 is 1.59. The first-order chi connectivity index (χ1) is 9.31. The summed E-state index contributed by atoms with van der Waals surface area (Å²) in [5.41, 5.74) is 9.53. The summed E-state index contributed by atoms with van der Waals surface area (Å²) < 4.78 is 0. The van der Waals surface area contributed by atoms with Gasteiger partial charge >= 0.3 is 0 Å². The molecule has 3 N–H and O–H groups in total. The first-order valence-electron chi connectivity index (χ1n) is 5.95. The second-order valence-corrected chi connectivity index (χ2v) is 5.01. The van der Waals surface area contributed by atoms with E-state index in [-0.39, 0.29) is 0 Å². The second kappa shape index (κ2) is 5.12. The molecule has 1 aromatic heterocycles. The number of benzene rings is 2. The van der Waals surface area contributed by atoms with E-state index >= 15 is 0 Å². The van der Waals surface area contributed by atoms with Gasteiger partial charge in [-0.05, 0) is 24.3 Å². The molecule has 3 aromatic rings. The Balaban J connectivity index is 1.82. The van der Waals surface area contributed by atoms with E-state index < -0.39 is 0 Å². The highest BCUT2D eigenvalue weighted by Gasteiger charge is 2.04. The molecule has 0 saturated carbocycles. The van der Waals surface area contributed by atoms with Crippen LogP contribution in [0.4, 0.5) is 16.5 Å². The zero-order valence-corrected chi connectivity index (χ0v) is 11.0. The number of hydrogen-bond acceptors (Lipinski definition) is 4. The van der Waals surface area contributed by atoms with E-state index in [1.165, 1.54) is 0 Å². The van der Waals surface area contributed by atoms with Gasteiger partial charge < -0.3 is 11.1 Å². The fourth-order valence-corrected chi connectivity index (χ4v) is 2.50. The van der Waals surface area contributed by atoms with Gasteiger partial charge in [-0.15, -0.1) is 11.3 Å². The fraction of sp³-hybridized carbons (Fsp3) is 0. The predicted molar refractivity (Wildman–Crippen MR) is 81.7 cm³/mol. The Morgan fingerprint density at radius 3 is 2.42 bits per heavy atom. The summed E-state index contributed by atoms with van der Waals surface area (Å²) in [5, 5.41) is 6.21. The zero-order chi connectivity index (χ0) is 13.1. The van der Waals surface area contributed by atoms with Crippen LogP contribution in [-0.2, 0) is 0 Å². The summed E-state index contributed by atoms with van der Waals surface area (Å²) in [7, 11) is 0. The fourth-order valence-electron chi connectivity index (χ4n) is 1.76. The summed E-state index contributed by atoms with van der Waals surface area (Å²) in [6.07, 6.45) is 0. The number of aromatic nitrogens is 1. The summed E-state index contributed by atoms with van der Waals surface area (Å²) in [6, 6.07) is 17.8. The van der Waals surface area contributed by atoms with Gasteiger partial charge in [-0.25, -0.2) is 4.98 Å². The maximum absolute atomic E-state index is 5.68. The molecule has 94 valence electrons. The van der Waals surface area contributed by atoms with Crippen LogP contribution in [-0.4, -0.2) is 4.98 Å². The molecule has 0 atom stereocenters. The van der Waals surface area contributed by atoms with Crippen LogP contribution in [0, 0.1) is 0 Å². The van der Waals surface area contributed by atoms with E-state index in [2.05, 4.69) is 10.3 Å². The number of nitrogens with one attached hydrogen (secondary N) is 1. The van der Waals surface area contributed by atoms with Gasteiger partial charge in [0.25, 0.3) is 0 Å². The van der Waals surface area contributed by atoms with E-state index in [9.17, 15) is 0 Å². The van der Waals surface area contributed by atoms with E-state index in [1.54, 1.807) is 11.3 Å². The Morgan fingerprint density at radius 1 is 0.947 bits per heavy atom. The molecular weight excluding hydrogens is 254 g/mol. The number of thiazole rings is 1. The smallest absolute Gasteiger partial charge is 0.187 e. The number of nitrogen functional groups attached to an aromatic ring is 1. The van der Waals surface area contributed by atoms with Crippen molar-refractivity contribution in [1.82, 2.24) is 4.98 Å². The van der Waals surface area contributed by atoms with Crippen LogP contribution >= 0.6 is 11.3 Å². The van der Waals surface area contributed by atoms with Crippen molar-refractivity contribution in [2.75, 3.05) is 11.1 Å². The molecule has 3 rings (SSSR count). The number of rotatable bonds is 3. The third kappa shape index (κ3) is 2.74. The molecule has 1 heterocycles. The standard InChI is InChI=1S/C15H13N3S/c16-12-8-6-11(7-9-12)14-10-19-15(18-14)17-13-4-2-1-3-5-13/h1-10H,16H2,(H,17,18). The third-order valence-corrected chi connectivity index (χ3v) is 3.49. The van der Waals surface area contributed by atoms with Crippen LogP contribution in [0.5, 0.6) is 0 Å². The van der Waals surface area contributed by atoms with Gasteiger partial charge in [0.15, 0.2) is 5.13 Å². The Bertz CT molecular complexity index is 659.